The molecule has 1 aliphatic heterocycles. The van der Waals surface area contributed by atoms with Crippen molar-refractivity contribution in [3.63, 3.8) is 0 Å². The lowest BCUT2D eigenvalue weighted by Gasteiger charge is -2.32. The summed E-state index contributed by atoms with van der Waals surface area (Å²) in [5.74, 6) is 0. The van der Waals surface area contributed by atoms with Gasteiger partial charge in [0.05, 0.1) is 5.69 Å². The first-order valence-corrected chi connectivity index (χ1v) is 8.05. The van der Waals surface area contributed by atoms with Gasteiger partial charge < -0.3 is 5.73 Å². The van der Waals surface area contributed by atoms with Crippen LogP contribution in [0, 0.1) is 0 Å². The van der Waals surface area contributed by atoms with E-state index in [2.05, 4.69) is 4.98 Å². The second-order valence-corrected chi connectivity index (χ2v) is 7.03. The highest BCUT2D eigenvalue weighted by molar-refractivity contribution is 7.89. The number of nitrogens with zero attached hydrogens (tertiary/aromatic N) is 2. The topological polar surface area (TPSA) is 76.3 Å². The van der Waals surface area contributed by atoms with Gasteiger partial charge in [-0.1, -0.05) is 18.6 Å². The van der Waals surface area contributed by atoms with E-state index in [4.69, 9.17) is 18.0 Å². The molecular formula is C12H17N3O2S2. The van der Waals surface area contributed by atoms with E-state index in [0.717, 1.165) is 19.3 Å². The average molecular weight is 299 g/mol. The Labute approximate surface area is 118 Å². The number of hydrogen-bond acceptors (Lipinski definition) is 4. The third kappa shape index (κ3) is 2.93. The molecule has 1 aromatic rings. The van der Waals surface area contributed by atoms with Gasteiger partial charge in [-0.05, 0) is 31.9 Å². The van der Waals surface area contributed by atoms with Gasteiger partial charge in [0.15, 0.2) is 0 Å². The molecule has 1 aliphatic rings. The van der Waals surface area contributed by atoms with Crippen molar-refractivity contribution in [2.24, 2.45) is 5.73 Å². The van der Waals surface area contributed by atoms with Gasteiger partial charge in [-0.2, -0.15) is 4.31 Å². The molecule has 1 atom stereocenters. The van der Waals surface area contributed by atoms with E-state index in [9.17, 15) is 8.42 Å². The minimum absolute atomic E-state index is 0.0361. The largest absolute Gasteiger partial charge is 0.388 e. The molecule has 0 bridgehead atoms. The number of sulfonamides is 1. The van der Waals surface area contributed by atoms with Gasteiger partial charge in [-0.25, -0.2) is 8.42 Å². The van der Waals surface area contributed by atoms with Crippen molar-refractivity contribution in [2.45, 2.75) is 37.1 Å². The zero-order valence-corrected chi connectivity index (χ0v) is 12.4. The standard InChI is InChI=1S/C12H17N3O2S2/c1-9-4-2-3-7-15(9)19(16,17)10-5-6-11(12(13)18)14-8-10/h5-6,8-9H,2-4,7H2,1H3,(H2,13,18). The van der Waals surface area contributed by atoms with Crippen LogP contribution in [0.4, 0.5) is 0 Å². The maximum Gasteiger partial charge on any atom is 0.244 e. The first-order chi connectivity index (χ1) is 8.93. The van der Waals surface area contributed by atoms with Crippen molar-refractivity contribution in [3.8, 4) is 0 Å². The SMILES string of the molecule is CC1CCCCN1S(=O)(=O)c1ccc(C(N)=S)nc1. The Bertz CT molecular complexity index is 569. The second kappa shape index (κ2) is 5.52. The summed E-state index contributed by atoms with van der Waals surface area (Å²) < 4.78 is 26.6. The summed E-state index contributed by atoms with van der Waals surface area (Å²) in [5, 5.41) is 0. The number of pyridine rings is 1. The molecule has 104 valence electrons. The summed E-state index contributed by atoms with van der Waals surface area (Å²) in [6.07, 6.45) is 4.20. The van der Waals surface area contributed by atoms with E-state index in [1.165, 1.54) is 12.3 Å². The maximum atomic E-state index is 12.5. The fraction of sp³-hybridized carbons (Fsp3) is 0.500. The lowest BCUT2D eigenvalue weighted by atomic mass is 10.1. The van der Waals surface area contributed by atoms with Crippen LogP contribution in [0.2, 0.25) is 0 Å². The van der Waals surface area contributed by atoms with Gasteiger partial charge in [0, 0.05) is 18.8 Å². The van der Waals surface area contributed by atoms with Crippen LogP contribution >= 0.6 is 12.2 Å². The fourth-order valence-electron chi connectivity index (χ4n) is 2.24. The Balaban J connectivity index is 2.30. The minimum atomic E-state index is -3.47. The molecule has 1 fully saturated rings. The molecule has 19 heavy (non-hydrogen) atoms. The van der Waals surface area contributed by atoms with E-state index >= 15 is 0 Å². The Morgan fingerprint density at radius 2 is 2.21 bits per heavy atom. The molecule has 2 rings (SSSR count). The van der Waals surface area contributed by atoms with Crippen LogP contribution in [0.5, 0.6) is 0 Å². The average Bonchev–Trinajstić information content (AvgIpc) is 2.39. The molecule has 1 unspecified atom stereocenters. The molecule has 0 amide bonds. The lowest BCUT2D eigenvalue weighted by Crippen LogP contribution is -2.41. The monoisotopic (exact) mass is 299 g/mol. The number of rotatable bonds is 3. The third-order valence-electron chi connectivity index (χ3n) is 3.34. The number of aromatic nitrogens is 1. The number of piperidine rings is 1. The molecule has 0 aromatic carbocycles. The van der Waals surface area contributed by atoms with Crippen molar-refractivity contribution in [3.05, 3.63) is 24.0 Å². The van der Waals surface area contributed by atoms with E-state index in [-0.39, 0.29) is 15.9 Å². The highest BCUT2D eigenvalue weighted by Crippen LogP contribution is 2.24. The van der Waals surface area contributed by atoms with E-state index in [1.807, 2.05) is 6.92 Å². The zero-order chi connectivity index (χ0) is 14.0. The molecule has 1 aromatic heterocycles. The fourth-order valence-corrected chi connectivity index (χ4v) is 4.01. The van der Waals surface area contributed by atoms with E-state index < -0.39 is 10.0 Å². The summed E-state index contributed by atoms with van der Waals surface area (Å²) in [5.41, 5.74) is 5.88. The van der Waals surface area contributed by atoms with Crippen molar-refractivity contribution >= 4 is 27.2 Å². The van der Waals surface area contributed by atoms with Crippen LogP contribution in [0.15, 0.2) is 23.2 Å². The van der Waals surface area contributed by atoms with Gasteiger partial charge in [-0.15, -0.1) is 0 Å². The van der Waals surface area contributed by atoms with Gasteiger partial charge in [0.25, 0.3) is 0 Å². The van der Waals surface area contributed by atoms with Gasteiger partial charge in [0.2, 0.25) is 10.0 Å². The summed E-state index contributed by atoms with van der Waals surface area (Å²) in [4.78, 5) is 4.35. The quantitative estimate of drug-likeness (QED) is 0.851. The molecule has 2 N–H and O–H groups in total. The Morgan fingerprint density at radius 3 is 2.74 bits per heavy atom. The first-order valence-electron chi connectivity index (χ1n) is 6.20. The second-order valence-electron chi connectivity index (χ2n) is 4.70. The predicted octanol–water partition coefficient (Wildman–Crippen LogP) is 1.28. The molecule has 0 saturated carbocycles. The van der Waals surface area contributed by atoms with Crippen LogP contribution in [-0.4, -0.2) is 35.3 Å². The van der Waals surface area contributed by atoms with Gasteiger partial charge >= 0.3 is 0 Å². The van der Waals surface area contributed by atoms with Crippen LogP contribution in [0.25, 0.3) is 0 Å². The molecule has 2 heterocycles. The smallest absolute Gasteiger partial charge is 0.244 e. The van der Waals surface area contributed by atoms with Crippen LogP contribution in [0.1, 0.15) is 31.9 Å². The summed E-state index contributed by atoms with van der Waals surface area (Å²) in [7, 11) is -3.47. The van der Waals surface area contributed by atoms with Crippen LogP contribution in [0.3, 0.4) is 0 Å². The van der Waals surface area contributed by atoms with Crippen LogP contribution < -0.4 is 5.73 Å². The summed E-state index contributed by atoms with van der Waals surface area (Å²) in [6.45, 7) is 2.51. The van der Waals surface area contributed by atoms with Crippen molar-refractivity contribution in [2.75, 3.05) is 6.54 Å². The van der Waals surface area contributed by atoms with Crippen molar-refractivity contribution in [1.82, 2.24) is 9.29 Å². The first kappa shape index (κ1) is 14.4. The minimum Gasteiger partial charge on any atom is -0.388 e. The molecule has 0 spiro atoms. The molecule has 0 radical (unpaired) electrons. The molecule has 7 heteroatoms. The Kier molecular flexibility index (Phi) is 4.17. The number of nitrogens with two attached hydrogens (primary N) is 1. The highest BCUT2D eigenvalue weighted by atomic mass is 32.2. The van der Waals surface area contributed by atoms with Crippen molar-refractivity contribution < 1.29 is 8.42 Å². The lowest BCUT2D eigenvalue weighted by molar-refractivity contribution is 0.268. The Morgan fingerprint density at radius 1 is 1.47 bits per heavy atom. The molecular weight excluding hydrogens is 282 g/mol. The molecule has 1 saturated heterocycles. The van der Waals surface area contributed by atoms with Crippen molar-refractivity contribution in [1.29, 1.82) is 0 Å². The predicted molar refractivity (Wildman–Crippen MR) is 77.3 cm³/mol. The normalized spacial score (nSPS) is 21.2. The Hall–Kier alpha value is -1.05. The van der Waals surface area contributed by atoms with Crippen LogP contribution in [-0.2, 0) is 10.0 Å². The summed E-state index contributed by atoms with van der Waals surface area (Å²) in [6, 6.07) is 3.09. The summed E-state index contributed by atoms with van der Waals surface area (Å²) >= 11 is 4.80. The maximum absolute atomic E-state index is 12.5. The van der Waals surface area contributed by atoms with E-state index in [1.54, 1.807) is 10.4 Å². The third-order valence-corrected chi connectivity index (χ3v) is 5.54. The number of thiocarbonyl (C=S) groups is 1. The molecule has 0 aliphatic carbocycles. The number of hydrogen-bond donors (Lipinski definition) is 1. The highest BCUT2D eigenvalue weighted by Gasteiger charge is 2.31. The van der Waals surface area contributed by atoms with Gasteiger partial charge in [0.1, 0.15) is 9.88 Å². The van der Waals surface area contributed by atoms with E-state index in [0.29, 0.717) is 12.2 Å². The van der Waals surface area contributed by atoms with Gasteiger partial charge in [-0.3, -0.25) is 4.98 Å². The molecule has 5 nitrogen and oxygen atoms in total. The zero-order valence-electron chi connectivity index (χ0n) is 10.7.